The maximum atomic E-state index is 12.4. The first-order valence-corrected chi connectivity index (χ1v) is 3.52. The first-order valence-electron chi connectivity index (χ1n) is 3.52. The van der Waals surface area contributed by atoms with Gasteiger partial charge in [0.15, 0.2) is 12.5 Å². The van der Waals surface area contributed by atoms with E-state index in [2.05, 4.69) is 0 Å². The quantitative estimate of drug-likeness (QED) is 0.576. The van der Waals surface area contributed by atoms with Gasteiger partial charge in [-0.25, -0.2) is 4.39 Å². The monoisotopic (exact) mass is 168 g/mol. The molecule has 0 aromatic carbocycles. The van der Waals surface area contributed by atoms with Gasteiger partial charge in [-0.05, 0) is 6.42 Å². The van der Waals surface area contributed by atoms with Crippen molar-refractivity contribution in [2.24, 2.45) is 0 Å². The molecule has 0 aromatic heterocycles. The molecule has 0 radical (unpaired) electrons. The molecule has 11 heavy (non-hydrogen) atoms. The van der Waals surface area contributed by atoms with Crippen LogP contribution in [-0.2, 0) is 4.79 Å². The number of halogens is 3. The molecule has 0 fully saturated rings. The van der Waals surface area contributed by atoms with Gasteiger partial charge in [-0.2, -0.15) is 8.78 Å². The number of hydrogen-bond acceptors (Lipinski definition) is 1. The Balaban J connectivity index is 3.80. The fraction of sp³-hybridized carbons (Fsp3) is 0.857. The van der Waals surface area contributed by atoms with Gasteiger partial charge in [-0.3, -0.25) is 4.79 Å². The fourth-order valence-corrected chi connectivity index (χ4v) is 0.650. The zero-order valence-electron chi connectivity index (χ0n) is 6.32. The van der Waals surface area contributed by atoms with Crippen molar-refractivity contribution < 1.29 is 18.0 Å². The van der Waals surface area contributed by atoms with Crippen molar-refractivity contribution in [3.63, 3.8) is 0 Å². The molecular formula is C7H11F3O. The summed E-state index contributed by atoms with van der Waals surface area (Å²) in [7, 11) is 0. The first-order chi connectivity index (χ1) is 5.04. The highest BCUT2D eigenvalue weighted by Crippen LogP contribution is 2.22. The van der Waals surface area contributed by atoms with Gasteiger partial charge in [0.05, 0.1) is 0 Å². The molecule has 0 rings (SSSR count). The van der Waals surface area contributed by atoms with Gasteiger partial charge in [-0.15, -0.1) is 0 Å². The molecule has 0 aliphatic carbocycles. The minimum absolute atomic E-state index is 0.248. The second kappa shape index (κ2) is 4.36. The predicted octanol–water partition coefficient (Wildman–Crippen LogP) is 2.35. The lowest BCUT2D eigenvalue weighted by Crippen LogP contribution is -2.31. The van der Waals surface area contributed by atoms with E-state index in [1.165, 1.54) is 0 Å². The summed E-state index contributed by atoms with van der Waals surface area (Å²) in [6, 6.07) is 0. The topological polar surface area (TPSA) is 17.1 Å². The highest BCUT2D eigenvalue weighted by Gasteiger charge is 2.38. The summed E-state index contributed by atoms with van der Waals surface area (Å²) in [4.78, 5) is 9.64. The van der Waals surface area contributed by atoms with Gasteiger partial charge < -0.3 is 0 Å². The Morgan fingerprint density at radius 3 is 2.45 bits per heavy atom. The summed E-state index contributed by atoms with van der Waals surface area (Å²) >= 11 is 0. The van der Waals surface area contributed by atoms with E-state index in [4.69, 9.17) is 0 Å². The van der Waals surface area contributed by atoms with Gasteiger partial charge in [0.25, 0.3) is 0 Å². The van der Waals surface area contributed by atoms with E-state index in [9.17, 15) is 18.0 Å². The third-order valence-corrected chi connectivity index (χ3v) is 1.39. The first kappa shape index (κ1) is 10.5. The summed E-state index contributed by atoms with van der Waals surface area (Å²) in [6.45, 7) is 1.77. The number of carbonyl (C=O) groups excluding carboxylic acids is 1. The third kappa shape index (κ3) is 3.39. The van der Waals surface area contributed by atoms with Crippen molar-refractivity contribution in [2.75, 3.05) is 0 Å². The molecule has 0 heterocycles. The number of hydrogen-bond donors (Lipinski definition) is 0. The molecule has 0 saturated carbocycles. The zero-order chi connectivity index (χ0) is 8.91. The predicted molar refractivity (Wildman–Crippen MR) is 35.4 cm³/mol. The standard InChI is InChI=1S/C7H11F3O/c1-2-3-4-6(8)7(9,10)5-11/h5-6H,2-4H2,1H3. The van der Waals surface area contributed by atoms with E-state index in [1.807, 2.05) is 0 Å². The lowest BCUT2D eigenvalue weighted by molar-refractivity contribution is -0.139. The molecule has 1 atom stereocenters. The molecule has 0 saturated heterocycles. The minimum atomic E-state index is -3.80. The Hall–Kier alpha value is -0.540. The van der Waals surface area contributed by atoms with Crippen LogP contribution < -0.4 is 0 Å². The molecule has 4 heteroatoms. The lowest BCUT2D eigenvalue weighted by Gasteiger charge is -2.13. The van der Waals surface area contributed by atoms with E-state index < -0.39 is 18.4 Å². The van der Waals surface area contributed by atoms with Gasteiger partial charge in [-0.1, -0.05) is 19.8 Å². The summed E-state index contributed by atoms with van der Waals surface area (Å²) < 4.78 is 36.6. The van der Waals surface area contributed by atoms with Crippen molar-refractivity contribution in [1.29, 1.82) is 0 Å². The third-order valence-electron chi connectivity index (χ3n) is 1.39. The Morgan fingerprint density at radius 2 is 2.09 bits per heavy atom. The van der Waals surface area contributed by atoms with Crippen LogP contribution in [0.2, 0.25) is 0 Å². The zero-order valence-corrected chi connectivity index (χ0v) is 6.32. The normalized spacial score (nSPS) is 14.5. The van der Waals surface area contributed by atoms with Crippen molar-refractivity contribution in [3.8, 4) is 0 Å². The highest BCUT2D eigenvalue weighted by atomic mass is 19.3. The van der Waals surface area contributed by atoms with Crippen LogP contribution in [0.4, 0.5) is 13.2 Å². The molecule has 1 nitrogen and oxygen atoms in total. The molecule has 66 valence electrons. The molecule has 0 aliphatic rings. The van der Waals surface area contributed by atoms with Crippen LogP contribution in [0.3, 0.4) is 0 Å². The fourth-order valence-electron chi connectivity index (χ4n) is 0.650. The second-order valence-electron chi connectivity index (χ2n) is 2.40. The van der Waals surface area contributed by atoms with Crippen molar-refractivity contribution >= 4 is 6.29 Å². The molecule has 1 unspecified atom stereocenters. The van der Waals surface area contributed by atoms with Crippen LogP contribution >= 0.6 is 0 Å². The number of carbonyl (C=O) groups is 1. The minimum Gasteiger partial charge on any atom is -0.297 e. The second-order valence-corrected chi connectivity index (χ2v) is 2.40. The summed E-state index contributed by atoms with van der Waals surface area (Å²) in [5.74, 6) is -3.80. The largest absolute Gasteiger partial charge is 0.332 e. The van der Waals surface area contributed by atoms with Crippen LogP contribution in [0, 0.1) is 0 Å². The Morgan fingerprint density at radius 1 is 1.55 bits per heavy atom. The number of alkyl halides is 3. The lowest BCUT2D eigenvalue weighted by atomic mass is 10.1. The van der Waals surface area contributed by atoms with E-state index in [1.54, 1.807) is 6.92 Å². The number of aldehydes is 1. The molecule has 0 aliphatic heterocycles. The average molecular weight is 168 g/mol. The summed E-state index contributed by atoms with van der Waals surface area (Å²) in [6.07, 6.45) is -2.17. The summed E-state index contributed by atoms with van der Waals surface area (Å²) in [5, 5.41) is 0. The van der Waals surface area contributed by atoms with Crippen LogP contribution in [0.25, 0.3) is 0 Å². The number of rotatable bonds is 5. The van der Waals surface area contributed by atoms with Crippen LogP contribution in [0.5, 0.6) is 0 Å². The van der Waals surface area contributed by atoms with Gasteiger partial charge in [0, 0.05) is 0 Å². The van der Waals surface area contributed by atoms with E-state index in [0.29, 0.717) is 12.8 Å². The number of unbranched alkanes of at least 4 members (excludes halogenated alkanes) is 1. The molecule has 0 spiro atoms. The molecular weight excluding hydrogens is 157 g/mol. The smallest absolute Gasteiger partial charge is 0.297 e. The van der Waals surface area contributed by atoms with Gasteiger partial charge in [0.2, 0.25) is 0 Å². The van der Waals surface area contributed by atoms with E-state index in [-0.39, 0.29) is 6.42 Å². The van der Waals surface area contributed by atoms with Crippen LogP contribution in [-0.4, -0.2) is 18.4 Å². The maximum absolute atomic E-state index is 12.4. The molecule has 0 bridgehead atoms. The Bertz CT molecular complexity index is 125. The SMILES string of the molecule is CCCCC(F)C(F)(F)C=O. The Kier molecular flexibility index (Phi) is 4.15. The van der Waals surface area contributed by atoms with Gasteiger partial charge in [0.1, 0.15) is 0 Å². The van der Waals surface area contributed by atoms with Gasteiger partial charge >= 0.3 is 5.92 Å². The van der Waals surface area contributed by atoms with Crippen molar-refractivity contribution in [1.82, 2.24) is 0 Å². The van der Waals surface area contributed by atoms with E-state index >= 15 is 0 Å². The molecule has 0 amide bonds. The molecule has 0 N–H and O–H groups in total. The highest BCUT2D eigenvalue weighted by molar-refractivity contribution is 5.60. The average Bonchev–Trinajstić information content (AvgIpc) is 2.00. The molecule has 0 aromatic rings. The van der Waals surface area contributed by atoms with Crippen LogP contribution in [0.1, 0.15) is 26.2 Å². The van der Waals surface area contributed by atoms with Crippen molar-refractivity contribution in [3.05, 3.63) is 0 Å². The Labute approximate surface area is 63.6 Å². The van der Waals surface area contributed by atoms with Crippen LogP contribution in [0.15, 0.2) is 0 Å². The van der Waals surface area contributed by atoms with E-state index in [0.717, 1.165) is 0 Å². The maximum Gasteiger partial charge on any atom is 0.332 e. The van der Waals surface area contributed by atoms with Crippen molar-refractivity contribution in [2.45, 2.75) is 38.3 Å². The summed E-state index contributed by atoms with van der Waals surface area (Å²) in [5.41, 5.74) is 0.